The molecule has 0 aromatic heterocycles. The molecule has 4 heteroatoms. The van der Waals surface area contributed by atoms with Crippen LogP contribution in [0.3, 0.4) is 0 Å². The molecule has 1 rings (SSSR count). The van der Waals surface area contributed by atoms with E-state index in [1.807, 2.05) is 26.8 Å². The summed E-state index contributed by atoms with van der Waals surface area (Å²) in [4.78, 5) is 0. The van der Waals surface area contributed by atoms with Gasteiger partial charge in [0.1, 0.15) is 5.75 Å². The lowest BCUT2D eigenvalue weighted by Crippen LogP contribution is -2.30. The quantitative estimate of drug-likeness (QED) is 0.813. The minimum Gasteiger partial charge on any atom is -0.493 e. The van der Waals surface area contributed by atoms with E-state index in [4.69, 9.17) is 27.8 Å². The predicted molar refractivity (Wildman–Crippen MR) is 86.6 cm³/mol. The standard InChI is InChI=1S/C16H27ClN2O/c1-5-20-16-11(3)7-15(17)12(4)14(16)6-10(2)13(8-18)9-19/h7,10,13H,5-6,8-9,18-19H2,1-4H3. The molecular weight excluding hydrogens is 272 g/mol. The highest BCUT2D eigenvalue weighted by Gasteiger charge is 2.20. The SMILES string of the molecule is CCOc1c(C)cc(Cl)c(C)c1CC(C)C(CN)CN. The molecule has 114 valence electrons. The van der Waals surface area contributed by atoms with Gasteiger partial charge in [0, 0.05) is 5.02 Å². The Labute approximate surface area is 127 Å². The zero-order valence-corrected chi connectivity index (χ0v) is 13.8. The van der Waals surface area contributed by atoms with Crippen molar-refractivity contribution in [3.63, 3.8) is 0 Å². The molecule has 0 bridgehead atoms. The van der Waals surface area contributed by atoms with Crippen LogP contribution >= 0.6 is 11.6 Å². The fourth-order valence-electron chi connectivity index (χ4n) is 2.56. The number of nitrogens with two attached hydrogens (primary N) is 2. The van der Waals surface area contributed by atoms with Gasteiger partial charge in [-0.1, -0.05) is 18.5 Å². The second kappa shape index (κ2) is 7.87. The van der Waals surface area contributed by atoms with Crippen LogP contribution in [0.1, 0.15) is 30.5 Å². The van der Waals surface area contributed by atoms with Crippen molar-refractivity contribution in [2.45, 2.75) is 34.1 Å². The van der Waals surface area contributed by atoms with Crippen molar-refractivity contribution in [1.82, 2.24) is 0 Å². The molecule has 0 spiro atoms. The lowest BCUT2D eigenvalue weighted by molar-refractivity contribution is 0.323. The average Bonchev–Trinajstić information content (AvgIpc) is 2.41. The molecule has 0 saturated heterocycles. The van der Waals surface area contributed by atoms with E-state index in [1.165, 1.54) is 5.56 Å². The topological polar surface area (TPSA) is 61.3 Å². The summed E-state index contributed by atoms with van der Waals surface area (Å²) in [5.41, 5.74) is 15.0. The first-order chi connectivity index (χ1) is 9.46. The zero-order chi connectivity index (χ0) is 15.3. The summed E-state index contributed by atoms with van der Waals surface area (Å²) in [5, 5.41) is 0.796. The Hall–Kier alpha value is -0.770. The molecule has 0 aliphatic carbocycles. The van der Waals surface area contributed by atoms with Crippen molar-refractivity contribution in [1.29, 1.82) is 0 Å². The lowest BCUT2D eigenvalue weighted by Gasteiger charge is -2.24. The van der Waals surface area contributed by atoms with Gasteiger partial charge in [-0.2, -0.15) is 0 Å². The highest BCUT2D eigenvalue weighted by Crippen LogP contribution is 2.34. The summed E-state index contributed by atoms with van der Waals surface area (Å²) >= 11 is 6.32. The van der Waals surface area contributed by atoms with E-state index in [2.05, 4.69) is 6.92 Å². The van der Waals surface area contributed by atoms with Crippen molar-refractivity contribution >= 4 is 11.6 Å². The summed E-state index contributed by atoms with van der Waals surface area (Å²) in [7, 11) is 0. The number of hydrogen-bond donors (Lipinski definition) is 2. The zero-order valence-electron chi connectivity index (χ0n) is 13.0. The minimum atomic E-state index is 0.322. The average molecular weight is 299 g/mol. The van der Waals surface area contributed by atoms with Crippen LogP contribution < -0.4 is 16.2 Å². The van der Waals surface area contributed by atoms with Crippen molar-refractivity contribution in [3.8, 4) is 5.75 Å². The van der Waals surface area contributed by atoms with Crippen LogP contribution in [0.4, 0.5) is 0 Å². The van der Waals surface area contributed by atoms with Gasteiger partial charge in [-0.05, 0) is 74.9 Å². The molecule has 0 radical (unpaired) electrons. The third kappa shape index (κ3) is 3.87. The van der Waals surface area contributed by atoms with Crippen LogP contribution in [-0.2, 0) is 6.42 Å². The summed E-state index contributed by atoms with van der Waals surface area (Å²) < 4.78 is 5.83. The van der Waals surface area contributed by atoms with Crippen molar-refractivity contribution < 1.29 is 4.74 Å². The van der Waals surface area contributed by atoms with Crippen LogP contribution in [-0.4, -0.2) is 19.7 Å². The molecule has 0 aliphatic rings. The molecule has 3 nitrogen and oxygen atoms in total. The van der Waals surface area contributed by atoms with Gasteiger partial charge >= 0.3 is 0 Å². The van der Waals surface area contributed by atoms with Crippen molar-refractivity contribution in [2.75, 3.05) is 19.7 Å². The summed E-state index contributed by atoms with van der Waals surface area (Å²) in [6.07, 6.45) is 0.891. The maximum Gasteiger partial charge on any atom is 0.125 e. The molecule has 4 N–H and O–H groups in total. The fourth-order valence-corrected chi connectivity index (χ4v) is 2.83. The largest absolute Gasteiger partial charge is 0.493 e. The Balaban J connectivity index is 3.14. The minimum absolute atomic E-state index is 0.322. The Kier molecular flexibility index (Phi) is 6.80. The van der Waals surface area contributed by atoms with E-state index in [0.717, 1.165) is 28.3 Å². The van der Waals surface area contributed by atoms with E-state index in [-0.39, 0.29) is 0 Å². The maximum atomic E-state index is 6.32. The van der Waals surface area contributed by atoms with Gasteiger partial charge in [-0.3, -0.25) is 0 Å². The smallest absolute Gasteiger partial charge is 0.125 e. The summed E-state index contributed by atoms with van der Waals surface area (Å²) in [5.74, 6) is 1.69. The van der Waals surface area contributed by atoms with Gasteiger partial charge < -0.3 is 16.2 Å². The monoisotopic (exact) mass is 298 g/mol. The molecule has 1 unspecified atom stereocenters. The molecule has 1 aromatic rings. The van der Waals surface area contributed by atoms with Gasteiger partial charge in [0.2, 0.25) is 0 Å². The predicted octanol–water partition coefficient (Wildman–Crippen LogP) is 3.07. The van der Waals surface area contributed by atoms with Crippen LogP contribution in [0, 0.1) is 25.7 Å². The van der Waals surface area contributed by atoms with Crippen LogP contribution in [0.5, 0.6) is 5.75 Å². The summed E-state index contributed by atoms with van der Waals surface area (Å²) in [6, 6.07) is 1.97. The first-order valence-corrected chi connectivity index (χ1v) is 7.65. The number of aryl methyl sites for hydroxylation is 1. The third-order valence-electron chi connectivity index (χ3n) is 4.01. The first kappa shape index (κ1) is 17.3. The normalized spacial score (nSPS) is 12.8. The lowest BCUT2D eigenvalue weighted by atomic mass is 9.86. The Bertz CT molecular complexity index is 445. The van der Waals surface area contributed by atoms with E-state index in [0.29, 0.717) is 31.5 Å². The molecular formula is C16H27ClN2O. The van der Waals surface area contributed by atoms with Crippen LogP contribution in [0.2, 0.25) is 5.02 Å². The van der Waals surface area contributed by atoms with Crippen LogP contribution in [0.25, 0.3) is 0 Å². The molecule has 1 atom stereocenters. The second-order valence-electron chi connectivity index (χ2n) is 5.45. The highest BCUT2D eigenvalue weighted by atomic mass is 35.5. The number of halogens is 1. The molecule has 0 amide bonds. The Morgan fingerprint density at radius 2 is 1.85 bits per heavy atom. The van der Waals surface area contributed by atoms with Crippen molar-refractivity contribution in [3.05, 3.63) is 27.8 Å². The van der Waals surface area contributed by atoms with E-state index >= 15 is 0 Å². The molecule has 0 aliphatic heterocycles. The molecule has 0 saturated carbocycles. The second-order valence-corrected chi connectivity index (χ2v) is 5.86. The van der Waals surface area contributed by atoms with Gasteiger partial charge in [-0.25, -0.2) is 0 Å². The van der Waals surface area contributed by atoms with E-state index < -0.39 is 0 Å². The first-order valence-electron chi connectivity index (χ1n) is 7.27. The number of ether oxygens (including phenoxy) is 1. The number of hydrogen-bond acceptors (Lipinski definition) is 3. The Morgan fingerprint density at radius 1 is 1.25 bits per heavy atom. The highest BCUT2D eigenvalue weighted by molar-refractivity contribution is 6.31. The van der Waals surface area contributed by atoms with Gasteiger partial charge in [0.15, 0.2) is 0 Å². The number of benzene rings is 1. The van der Waals surface area contributed by atoms with Gasteiger partial charge in [0.05, 0.1) is 6.61 Å². The molecule has 1 aromatic carbocycles. The Morgan fingerprint density at radius 3 is 2.35 bits per heavy atom. The van der Waals surface area contributed by atoms with Crippen LogP contribution in [0.15, 0.2) is 6.07 Å². The van der Waals surface area contributed by atoms with Crippen molar-refractivity contribution in [2.24, 2.45) is 23.3 Å². The van der Waals surface area contributed by atoms with E-state index in [9.17, 15) is 0 Å². The maximum absolute atomic E-state index is 6.32. The molecule has 20 heavy (non-hydrogen) atoms. The van der Waals surface area contributed by atoms with Gasteiger partial charge in [-0.15, -0.1) is 0 Å². The number of rotatable bonds is 7. The molecule has 0 fully saturated rings. The fraction of sp³-hybridized carbons (Fsp3) is 0.625. The molecule has 0 heterocycles. The van der Waals surface area contributed by atoms with Gasteiger partial charge in [0.25, 0.3) is 0 Å². The summed E-state index contributed by atoms with van der Waals surface area (Å²) in [6.45, 7) is 10.1. The third-order valence-corrected chi connectivity index (χ3v) is 4.40. The van der Waals surface area contributed by atoms with E-state index in [1.54, 1.807) is 0 Å².